The first kappa shape index (κ1) is 18.8. The van der Waals surface area contributed by atoms with Crippen LogP contribution in [0.4, 0.5) is 0 Å². The maximum absolute atomic E-state index is 13.3. The highest BCUT2D eigenvalue weighted by molar-refractivity contribution is 7.89. The van der Waals surface area contributed by atoms with Crippen molar-refractivity contribution in [1.82, 2.24) is 14.5 Å². The van der Waals surface area contributed by atoms with Gasteiger partial charge in [-0.2, -0.15) is 0 Å². The van der Waals surface area contributed by atoms with Crippen LogP contribution in [-0.2, 0) is 14.8 Å². The smallest absolute Gasteiger partial charge is 0.254 e. The van der Waals surface area contributed by atoms with Crippen LogP contribution < -0.4 is 4.72 Å². The van der Waals surface area contributed by atoms with Gasteiger partial charge in [-0.25, -0.2) is 13.1 Å². The Balaban J connectivity index is 1.84. The van der Waals surface area contributed by atoms with E-state index in [4.69, 9.17) is 0 Å². The van der Waals surface area contributed by atoms with Gasteiger partial charge in [0.05, 0.1) is 5.75 Å². The van der Waals surface area contributed by atoms with E-state index in [0.29, 0.717) is 25.1 Å². The number of hydrogen-bond acceptors (Lipinski definition) is 4. The molecule has 142 valence electrons. The van der Waals surface area contributed by atoms with E-state index in [9.17, 15) is 18.0 Å². The summed E-state index contributed by atoms with van der Waals surface area (Å²) in [4.78, 5) is 29.6. The van der Waals surface area contributed by atoms with Crippen molar-refractivity contribution in [3.63, 3.8) is 0 Å². The average Bonchev–Trinajstić information content (AvgIpc) is 2.82. The second-order valence-corrected chi connectivity index (χ2v) is 8.99. The minimum atomic E-state index is -3.33. The Bertz CT molecular complexity index is 781. The Kier molecular flexibility index (Phi) is 5.34. The van der Waals surface area contributed by atoms with E-state index in [1.807, 2.05) is 25.1 Å². The van der Waals surface area contributed by atoms with Crippen molar-refractivity contribution in [2.45, 2.75) is 31.7 Å². The number of carbonyl (C=O) groups is 2. The van der Waals surface area contributed by atoms with Crippen LogP contribution in [0.1, 0.15) is 36.5 Å². The van der Waals surface area contributed by atoms with Crippen molar-refractivity contribution in [2.24, 2.45) is 0 Å². The molecule has 7 nitrogen and oxygen atoms in total. The molecule has 0 aliphatic carbocycles. The Morgan fingerprint density at radius 3 is 2.54 bits per heavy atom. The van der Waals surface area contributed by atoms with E-state index in [1.54, 1.807) is 21.9 Å². The lowest BCUT2D eigenvalue weighted by Crippen LogP contribution is -2.62. The van der Waals surface area contributed by atoms with E-state index < -0.39 is 15.6 Å². The summed E-state index contributed by atoms with van der Waals surface area (Å²) in [6, 6.07) is 8.97. The van der Waals surface area contributed by atoms with Crippen LogP contribution >= 0.6 is 0 Å². The molecule has 0 radical (unpaired) electrons. The Morgan fingerprint density at radius 1 is 1.08 bits per heavy atom. The molecule has 8 heteroatoms. The summed E-state index contributed by atoms with van der Waals surface area (Å²) in [5.41, 5.74) is -0.382. The standard InChI is InChI=1S/C18H25N3O4S/c1-18(17(23)20-12-10-19-26(24,25)14-13-20)9-5-6-11-21(18)16(22)15-7-3-2-4-8-15/h2-4,7-8,19H,5-6,9-14H2,1H3. The van der Waals surface area contributed by atoms with Gasteiger partial charge in [0, 0.05) is 31.7 Å². The van der Waals surface area contributed by atoms with Gasteiger partial charge in [-0.15, -0.1) is 0 Å². The van der Waals surface area contributed by atoms with Gasteiger partial charge in [-0.05, 0) is 38.3 Å². The number of nitrogens with zero attached hydrogens (tertiary/aromatic N) is 2. The van der Waals surface area contributed by atoms with Gasteiger partial charge in [0.1, 0.15) is 5.54 Å². The third-order valence-corrected chi connectivity index (χ3v) is 6.60. The van der Waals surface area contributed by atoms with Crippen LogP contribution in [0.25, 0.3) is 0 Å². The molecule has 2 fully saturated rings. The fraction of sp³-hybridized carbons (Fsp3) is 0.556. The summed E-state index contributed by atoms with van der Waals surface area (Å²) in [5.74, 6) is -0.427. The van der Waals surface area contributed by atoms with Crippen molar-refractivity contribution < 1.29 is 18.0 Å². The fourth-order valence-corrected chi connectivity index (χ4v) is 4.71. The minimum Gasteiger partial charge on any atom is -0.338 e. The predicted octanol–water partition coefficient (Wildman–Crippen LogP) is 0.833. The molecule has 2 heterocycles. The number of piperidine rings is 1. The number of rotatable bonds is 2. The summed E-state index contributed by atoms with van der Waals surface area (Å²) < 4.78 is 26.0. The number of nitrogens with one attached hydrogen (secondary N) is 1. The zero-order chi connectivity index (χ0) is 18.8. The molecule has 0 aromatic heterocycles. The summed E-state index contributed by atoms with van der Waals surface area (Å²) in [5, 5.41) is 0. The van der Waals surface area contributed by atoms with Crippen LogP contribution in [0.15, 0.2) is 30.3 Å². The number of sulfonamides is 1. The molecular formula is C18H25N3O4S. The first-order chi connectivity index (χ1) is 12.3. The van der Waals surface area contributed by atoms with Gasteiger partial charge in [0.15, 0.2) is 0 Å². The van der Waals surface area contributed by atoms with Crippen LogP contribution in [-0.4, -0.2) is 67.5 Å². The van der Waals surface area contributed by atoms with Crippen LogP contribution in [0.2, 0.25) is 0 Å². The summed E-state index contributed by atoms with van der Waals surface area (Å²) in [7, 11) is -3.33. The summed E-state index contributed by atoms with van der Waals surface area (Å²) >= 11 is 0. The molecule has 1 unspecified atom stereocenters. The molecule has 26 heavy (non-hydrogen) atoms. The molecular weight excluding hydrogens is 354 g/mol. The lowest BCUT2D eigenvalue weighted by Gasteiger charge is -2.45. The SMILES string of the molecule is CC1(C(=O)N2CCNS(=O)(=O)CC2)CCCCN1C(=O)c1ccccc1. The summed E-state index contributed by atoms with van der Waals surface area (Å²) in [6.45, 7) is 3.01. The molecule has 1 aromatic carbocycles. The second kappa shape index (κ2) is 7.36. The number of likely N-dealkylation sites (tertiary alicyclic amines) is 1. The van der Waals surface area contributed by atoms with Crippen molar-refractivity contribution in [1.29, 1.82) is 0 Å². The number of hydrogen-bond donors (Lipinski definition) is 1. The number of benzene rings is 1. The molecule has 0 bridgehead atoms. The predicted molar refractivity (Wildman–Crippen MR) is 98.1 cm³/mol. The molecule has 2 amide bonds. The van der Waals surface area contributed by atoms with Gasteiger partial charge < -0.3 is 9.80 Å². The zero-order valence-corrected chi connectivity index (χ0v) is 15.8. The Labute approximate surface area is 154 Å². The van der Waals surface area contributed by atoms with Crippen molar-refractivity contribution in [3.05, 3.63) is 35.9 Å². The first-order valence-corrected chi connectivity index (χ1v) is 10.6. The Hall–Kier alpha value is -1.93. The van der Waals surface area contributed by atoms with E-state index >= 15 is 0 Å². The first-order valence-electron chi connectivity index (χ1n) is 8.97. The van der Waals surface area contributed by atoms with Gasteiger partial charge in [-0.1, -0.05) is 18.2 Å². The molecule has 1 aromatic rings. The van der Waals surface area contributed by atoms with Gasteiger partial charge in [0.2, 0.25) is 15.9 Å². The molecule has 2 saturated heterocycles. The molecule has 2 aliphatic rings. The average molecular weight is 379 g/mol. The maximum Gasteiger partial charge on any atom is 0.254 e. The van der Waals surface area contributed by atoms with Gasteiger partial charge >= 0.3 is 0 Å². The van der Waals surface area contributed by atoms with Crippen LogP contribution in [0.3, 0.4) is 0 Å². The number of carbonyl (C=O) groups excluding carboxylic acids is 2. The highest BCUT2D eigenvalue weighted by Gasteiger charge is 2.46. The lowest BCUT2D eigenvalue weighted by atomic mass is 9.86. The molecule has 3 rings (SSSR count). The second-order valence-electron chi connectivity index (χ2n) is 7.06. The van der Waals surface area contributed by atoms with Gasteiger partial charge in [-0.3, -0.25) is 9.59 Å². The lowest BCUT2D eigenvalue weighted by molar-refractivity contribution is -0.143. The van der Waals surface area contributed by atoms with E-state index in [0.717, 1.165) is 12.8 Å². The third-order valence-electron chi connectivity index (χ3n) is 5.24. The Morgan fingerprint density at radius 2 is 1.81 bits per heavy atom. The van der Waals surface area contributed by atoms with Crippen molar-refractivity contribution >= 4 is 21.8 Å². The third kappa shape index (κ3) is 3.76. The van der Waals surface area contributed by atoms with Crippen molar-refractivity contribution in [3.8, 4) is 0 Å². The largest absolute Gasteiger partial charge is 0.338 e. The zero-order valence-electron chi connectivity index (χ0n) is 15.0. The topological polar surface area (TPSA) is 86.8 Å². The van der Waals surface area contributed by atoms with Crippen molar-refractivity contribution in [2.75, 3.05) is 31.9 Å². The minimum absolute atomic E-state index is 0.110. The van der Waals surface area contributed by atoms with E-state index in [2.05, 4.69) is 4.72 Å². The van der Waals surface area contributed by atoms with E-state index in [-0.39, 0.29) is 30.7 Å². The normalized spacial score (nSPS) is 26.2. The molecule has 0 saturated carbocycles. The van der Waals surface area contributed by atoms with E-state index in [1.165, 1.54) is 0 Å². The van der Waals surface area contributed by atoms with Crippen LogP contribution in [0.5, 0.6) is 0 Å². The maximum atomic E-state index is 13.3. The van der Waals surface area contributed by atoms with Gasteiger partial charge in [0.25, 0.3) is 5.91 Å². The highest BCUT2D eigenvalue weighted by Crippen LogP contribution is 2.31. The number of amides is 2. The molecule has 1 N–H and O–H groups in total. The summed E-state index contributed by atoms with van der Waals surface area (Å²) in [6.07, 6.45) is 2.31. The quantitative estimate of drug-likeness (QED) is 0.825. The highest BCUT2D eigenvalue weighted by atomic mass is 32.2. The molecule has 2 aliphatic heterocycles. The molecule has 1 atom stereocenters. The van der Waals surface area contributed by atoms with Crippen LogP contribution in [0, 0.1) is 0 Å². The monoisotopic (exact) mass is 379 g/mol. The fourth-order valence-electron chi connectivity index (χ4n) is 3.70. The molecule has 0 spiro atoms.